The highest BCUT2D eigenvalue weighted by atomic mass is 16.3. The molecule has 0 radical (unpaired) electrons. The first-order chi connectivity index (χ1) is 6.15. The molecule has 0 heterocycles. The molecule has 0 aromatic carbocycles. The SMILES string of the molecule is CC(C#N)C1(O)CCCC12CCC2. The van der Waals surface area contributed by atoms with Gasteiger partial charge in [0.1, 0.15) is 0 Å². The number of aliphatic hydroxyl groups is 1. The Kier molecular flexibility index (Phi) is 1.89. The fraction of sp³-hybridized carbons (Fsp3) is 0.909. The van der Waals surface area contributed by atoms with Gasteiger partial charge in [0.15, 0.2) is 0 Å². The summed E-state index contributed by atoms with van der Waals surface area (Å²) in [6.45, 7) is 1.87. The fourth-order valence-electron chi connectivity index (χ4n) is 3.25. The average Bonchev–Trinajstić information content (AvgIpc) is 2.42. The van der Waals surface area contributed by atoms with Crippen molar-refractivity contribution >= 4 is 0 Å². The van der Waals surface area contributed by atoms with Crippen LogP contribution in [0.3, 0.4) is 0 Å². The van der Waals surface area contributed by atoms with Gasteiger partial charge in [0.2, 0.25) is 0 Å². The van der Waals surface area contributed by atoms with E-state index in [2.05, 4.69) is 6.07 Å². The molecule has 0 bridgehead atoms. The lowest BCUT2D eigenvalue weighted by Crippen LogP contribution is -2.52. The van der Waals surface area contributed by atoms with Gasteiger partial charge in [-0.25, -0.2) is 0 Å². The second kappa shape index (κ2) is 2.72. The molecule has 2 unspecified atom stereocenters. The van der Waals surface area contributed by atoms with Gasteiger partial charge in [-0.15, -0.1) is 0 Å². The van der Waals surface area contributed by atoms with Crippen LogP contribution in [0.25, 0.3) is 0 Å². The summed E-state index contributed by atoms with van der Waals surface area (Å²) in [5, 5.41) is 19.4. The Hall–Kier alpha value is -0.550. The van der Waals surface area contributed by atoms with Gasteiger partial charge in [0, 0.05) is 5.41 Å². The highest BCUT2D eigenvalue weighted by Gasteiger charge is 2.59. The van der Waals surface area contributed by atoms with Crippen molar-refractivity contribution < 1.29 is 5.11 Å². The van der Waals surface area contributed by atoms with Crippen LogP contribution in [0.5, 0.6) is 0 Å². The maximum Gasteiger partial charge on any atom is 0.0858 e. The van der Waals surface area contributed by atoms with E-state index < -0.39 is 5.60 Å². The number of nitriles is 1. The Morgan fingerprint density at radius 1 is 1.23 bits per heavy atom. The molecule has 0 aromatic heterocycles. The van der Waals surface area contributed by atoms with Crippen molar-refractivity contribution in [2.45, 2.75) is 51.0 Å². The molecule has 0 saturated heterocycles. The van der Waals surface area contributed by atoms with E-state index in [1.807, 2.05) is 6.92 Å². The lowest BCUT2D eigenvalue weighted by Gasteiger charge is -2.50. The third kappa shape index (κ3) is 0.971. The molecule has 1 N–H and O–H groups in total. The average molecular weight is 179 g/mol. The van der Waals surface area contributed by atoms with Gasteiger partial charge in [0.05, 0.1) is 17.6 Å². The monoisotopic (exact) mass is 179 g/mol. The number of nitrogens with zero attached hydrogens (tertiary/aromatic N) is 1. The maximum absolute atomic E-state index is 10.5. The molecule has 13 heavy (non-hydrogen) atoms. The van der Waals surface area contributed by atoms with Crippen LogP contribution in [0.15, 0.2) is 0 Å². The molecule has 0 amide bonds. The molecule has 2 aliphatic rings. The van der Waals surface area contributed by atoms with Crippen LogP contribution in [-0.2, 0) is 0 Å². The summed E-state index contributed by atoms with van der Waals surface area (Å²) in [5.41, 5.74) is -0.540. The van der Waals surface area contributed by atoms with E-state index in [0.29, 0.717) is 0 Å². The zero-order chi connectivity index (χ0) is 9.53. The van der Waals surface area contributed by atoms with Gasteiger partial charge < -0.3 is 5.11 Å². The Balaban J connectivity index is 2.25. The van der Waals surface area contributed by atoms with Gasteiger partial charge in [-0.05, 0) is 39.0 Å². The molecule has 2 heteroatoms. The Morgan fingerprint density at radius 3 is 2.23 bits per heavy atom. The van der Waals surface area contributed by atoms with Crippen LogP contribution in [0.2, 0.25) is 0 Å². The summed E-state index contributed by atoms with van der Waals surface area (Å²) in [4.78, 5) is 0. The Bertz CT molecular complexity index is 251. The van der Waals surface area contributed by atoms with Crippen LogP contribution >= 0.6 is 0 Å². The van der Waals surface area contributed by atoms with Crippen molar-refractivity contribution in [3.8, 4) is 6.07 Å². The molecule has 2 saturated carbocycles. The van der Waals surface area contributed by atoms with Crippen molar-refractivity contribution in [2.75, 3.05) is 0 Å². The van der Waals surface area contributed by atoms with Crippen LogP contribution in [0.1, 0.15) is 45.4 Å². The number of hydrogen-bond acceptors (Lipinski definition) is 2. The lowest BCUT2D eigenvalue weighted by molar-refractivity contribution is -0.125. The Morgan fingerprint density at radius 2 is 1.77 bits per heavy atom. The standard InChI is InChI=1S/C11H17NO/c1-9(8-12)11(13)7-3-6-10(11)4-2-5-10/h9,13H,2-7H2,1H3. The summed E-state index contributed by atoms with van der Waals surface area (Å²) in [5.74, 6) is -0.199. The lowest BCUT2D eigenvalue weighted by atomic mass is 9.57. The van der Waals surface area contributed by atoms with Gasteiger partial charge in [-0.1, -0.05) is 6.42 Å². The van der Waals surface area contributed by atoms with Crippen molar-refractivity contribution in [2.24, 2.45) is 11.3 Å². The molecule has 0 aromatic rings. The van der Waals surface area contributed by atoms with Crippen molar-refractivity contribution in [3.05, 3.63) is 0 Å². The van der Waals surface area contributed by atoms with E-state index in [1.165, 1.54) is 6.42 Å². The molecule has 2 rings (SSSR count). The minimum atomic E-state index is -0.667. The second-order valence-electron chi connectivity index (χ2n) is 4.76. The molecular weight excluding hydrogens is 162 g/mol. The first-order valence-electron chi connectivity index (χ1n) is 5.27. The first kappa shape index (κ1) is 9.02. The van der Waals surface area contributed by atoms with Crippen molar-refractivity contribution in [1.29, 1.82) is 5.26 Å². The second-order valence-corrected chi connectivity index (χ2v) is 4.76. The van der Waals surface area contributed by atoms with Crippen LogP contribution < -0.4 is 0 Å². The Labute approximate surface area is 79.6 Å². The third-order valence-corrected chi connectivity index (χ3v) is 4.35. The van der Waals surface area contributed by atoms with Gasteiger partial charge in [-0.2, -0.15) is 5.26 Å². The highest BCUT2D eigenvalue weighted by molar-refractivity contribution is 5.13. The normalized spacial score (nSPS) is 38.2. The van der Waals surface area contributed by atoms with Gasteiger partial charge in [-0.3, -0.25) is 0 Å². The summed E-state index contributed by atoms with van der Waals surface area (Å²) in [6, 6.07) is 2.22. The van der Waals surface area contributed by atoms with Crippen LogP contribution in [-0.4, -0.2) is 10.7 Å². The predicted octanol–water partition coefficient (Wildman–Crippen LogP) is 2.23. The third-order valence-electron chi connectivity index (χ3n) is 4.35. The molecule has 0 aliphatic heterocycles. The maximum atomic E-state index is 10.5. The molecular formula is C11H17NO. The van der Waals surface area contributed by atoms with E-state index in [4.69, 9.17) is 5.26 Å². The van der Waals surface area contributed by atoms with Crippen molar-refractivity contribution in [1.82, 2.24) is 0 Å². The summed E-state index contributed by atoms with van der Waals surface area (Å²) < 4.78 is 0. The topological polar surface area (TPSA) is 44.0 Å². The molecule has 2 fully saturated rings. The zero-order valence-electron chi connectivity index (χ0n) is 8.21. The minimum Gasteiger partial charge on any atom is -0.388 e. The molecule has 2 atom stereocenters. The smallest absolute Gasteiger partial charge is 0.0858 e. The molecule has 72 valence electrons. The van der Waals surface area contributed by atoms with Crippen LogP contribution in [0.4, 0.5) is 0 Å². The number of rotatable bonds is 1. The zero-order valence-corrected chi connectivity index (χ0v) is 8.21. The molecule has 2 nitrogen and oxygen atoms in total. The van der Waals surface area contributed by atoms with E-state index in [1.54, 1.807) is 0 Å². The van der Waals surface area contributed by atoms with E-state index in [0.717, 1.165) is 32.1 Å². The van der Waals surface area contributed by atoms with E-state index in [-0.39, 0.29) is 11.3 Å². The molecule has 1 spiro atoms. The van der Waals surface area contributed by atoms with Crippen LogP contribution in [0, 0.1) is 22.7 Å². The summed E-state index contributed by atoms with van der Waals surface area (Å²) in [6.07, 6.45) is 6.57. The minimum absolute atomic E-state index is 0.127. The summed E-state index contributed by atoms with van der Waals surface area (Å²) in [7, 11) is 0. The van der Waals surface area contributed by atoms with Crippen molar-refractivity contribution in [3.63, 3.8) is 0 Å². The van der Waals surface area contributed by atoms with E-state index >= 15 is 0 Å². The largest absolute Gasteiger partial charge is 0.388 e. The predicted molar refractivity (Wildman–Crippen MR) is 49.9 cm³/mol. The highest BCUT2D eigenvalue weighted by Crippen LogP contribution is 2.61. The van der Waals surface area contributed by atoms with E-state index in [9.17, 15) is 5.11 Å². The fourth-order valence-corrected chi connectivity index (χ4v) is 3.25. The van der Waals surface area contributed by atoms with Gasteiger partial charge in [0.25, 0.3) is 0 Å². The number of hydrogen-bond donors (Lipinski definition) is 1. The first-order valence-corrected chi connectivity index (χ1v) is 5.27. The van der Waals surface area contributed by atoms with Gasteiger partial charge >= 0.3 is 0 Å². The molecule has 2 aliphatic carbocycles. The quantitative estimate of drug-likeness (QED) is 0.670. The summed E-state index contributed by atoms with van der Waals surface area (Å²) >= 11 is 0.